The van der Waals surface area contributed by atoms with Gasteiger partial charge in [-0.25, -0.2) is 4.79 Å². The number of amides is 2. The van der Waals surface area contributed by atoms with Crippen LogP contribution in [0, 0.1) is 6.92 Å². The Kier molecular flexibility index (Phi) is 5.82. The molecule has 0 atom stereocenters. The third-order valence-corrected chi connectivity index (χ3v) is 3.75. The van der Waals surface area contributed by atoms with Crippen molar-refractivity contribution in [2.45, 2.75) is 39.8 Å². The minimum Gasteiger partial charge on any atom is -0.481 e. The van der Waals surface area contributed by atoms with E-state index in [1.165, 1.54) is 4.90 Å². The Hall–Kier alpha value is -1.56. The number of carbonyl (C=O) groups excluding carboxylic acids is 1. The Morgan fingerprint density at radius 1 is 1.42 bits per heavy atom. The van der Waals surface area contributed by atoms with Gasteiger partial charge in [-0.15, -0.1) is 0 Å². The van der Waals surface area contributed by atoms with Crippen molar-refractivity contribution in [3.63, 3.8) is 0 Å². The number of carboxylic acid groups (broad SMARTS) is 1. The van der Waals surface area contributed by atoms with Gasteiger partial charge in [-0.2, -0.15) is 11.3 Å². The van der Waals surface area contributed by atoms with Crippen LogP contribution in [0.1, 0.15) is 31.4 Å². The van der Waals surface area contributed by atoms with Crippen molar-refractivity contribution in [3.05, 3.63) is 21.9 Å². The minimum atomic E-state index is -0.896. The van der Waals surface area contributed by atoms with Crippen molar-refractivity contribution in [1.82, 2.24) is 10.2 Å². The van der Waals surface area contributed by atoms with Gasteiger partial charge in [-0.05, 0) is 42.7 Å². The number of urea groups is 1. The first-order valence-electron chi connectivity index (χ1n) is 6.19. The highest BCUT2D eigenvalue weighted by molar-refractivity contribution is 7.08. The third kappa shape index (κ3) is 4.90. The zero-order valence-corrected chi connectivity index (χ0v) is 12.3. The fourth-order valence-electron chi connectivity index (χ4n) is 1.65. The summed E-state index contributed by atoms with van der Waals surface area (Å²) in [6.45, 7) is 6.45. The number of hydrogen-bond acceptors (Lipinski definition) is 3. The normalized spacial score (nSPS) is 10.5. The Morgan fingerprint density at radius 2 is 2.11 bits per heavy atom. The lowest BCUT2D eigenvalue weighted by Crippen LogP contribution is -2.44. The van der Waals surface area contributed by atoms with E-state index in [0.717, 1.165) is 11.1 Å². The Bertz CT molecular complexity index is 443. The zero-order chi connectivity index (χ0) is 14.4. The van der Waals surface area contributed by atoms with Crippen molar-refractivity contribution in [2.24, 2.45) is 0 Å². The fourth-order valence-corrected chi connectivity index (χ4v) is 2.51. The number of thiophene rings is 1. The molecule has 0 bridgehead atoms. The monoisotopic (exact) mass is 284 g/mol. The average molecular weight is 284 g/mol. The lowest BCUT2D eigenvalue weighted by atomic mass is 10.2. The molecule has 0 aromatic carbocycles. The summed E-state index contributed by atoms with van der Waals surface area (Å²) in [6.07, 6.45) is -0.0386. The number of nitrogens with one attached hydrogen (secondary N) is 1. The smallest absolute Gasteiger partial charge is 0.317 e. The largest absolute Gasteiger partial charge is 0.481 e. The summed E-state index contributed by atoms with van der Waals surface area (Å²) in [5.41, 5.74) is 2.26. The molecule has 0 saturated heterocycles. The molecule has 106 valence electrons. The topological polar surface area (TPSA) is 69.6 Å². The van der Waals surface area contributed by atoms with Crippen LogP contribution in [0.15, 0.2) is 10.8 Å². The summed E-state index contributed by atoms with van der Waals surface area (Å²) in [5.74, 6) is -0.896. The van der Waals surface area contributed by atoms with Crippen LogP contribution in [0.25, 0.3) is 0 Å². The maximum absolute atomic E-state index is 12.0. The Morgan fingerprint density at radius 3 is 2.58 bits per heavy atom. The Labute approximate surface area is 117 Å². The molecule has 2 N–H and O–H groups in total. The van der Waals surface area contributed by atoms with Crippen LogP contribution in [-0.4, -0.2) is 34.6 Å². The highest BCUT2D eigenvalue weighted by atomic mass is 32.1. The molecule has 6 heteroatoms. The number of hydrogen-bond donors (Lipinski definition) is 2. The quantitative estimate of drug-likeness (QED) is 0.843. The highest BCUT2D eigenvalue weighted by Gasteiger charge is 2.17. The van der Waals surface area contributed by atoms with Crippen LogP contribution in [0.5, 0.6) is 0 Å². The van der Waals surface area contributed by atoms with Crippen LogP contribution >= 0.6 is 11.3 Å². The van der Waals surface area contributed by atoms with E-state index in [9.17, 15) is 9.59 Å². The summed E-state index contributed by atoms with van der Waals surface area (Å²) in [7, 11) is 0. The van der Waals surface area contributed by atoms with E-state index in [1.807, 2.05) is 31.5 Å². The molecule has 0 radical (unpaired) electrons. The SMILES string of the molecule is Cc1cscc1CNC(=O)N(CCC(=O)O)C(C)C. The van der Waals surface area contributed by atoms with E-state index in [0.29, 0.717) is 6.54 Å². The van der Waals surface area contributed by atoms with Gasteiger partial charge >= 0.3 is 12.0 Å². The van der Waals surface area contributed by atoms with Gasteiger partial charge in [-0.3, -0.25) is 4.79 Å². The maximum atomic E-state index is 12.0. The molecule has 0 aliphatic rings. The second kappa shape index (κ2) is 7.13. The number of nitrogens with zero attached hydrogens (tertiary/aromatic N) is 1. The molecule has 5 nitrogen and oxygen atoms in total. The molecule has 19 heavy (non-hydrogen) atoms. The average Bonchev–Trinajstić information content (AvgIpc) is 2.71. The van der Waals surface area contributed by atoms with Crippen LogP contribution in [0.3, 0.4) is 0 Å². The molecule has 0 fully saturated rings. The van der Waals surface area contributed by atoms with Gasteiger partial charge in [0.15, 0.2) is 0 Å². The lowest BCUT2D eigenvalue weighted by Gasteiger charge is -2.26. The van der Waals surface area contributed by atoms with E-state index >= 15 is 0 Å². The van der Waals surface area contributed by atoms with E-state index in [2.05, 4.69) is 5.32 Å². The number of aryl methyl sites for hydroxylation is 1. The van der Waals surface area contributed by atoms with E-state index < -0.39 is 5.97 Å². The predicted molar refractivity (Wildman–Crippen MR) is 75.4 cm³/mol. The second-order valence-corrected chi connectivity index (χ2v) is 5.41. The molecule has 0 aliphatic heterocycles. The predicted octanol–water partition coefficient (Wildman–Crippen LogP) is 2.45. The van der Waals surface area contributed by atoms with Crippen LogP contribution < -0.4 is 5.32 Å². The number of carbonyl (C=O) groups is 2. The number of rotatable bonds is 6. The number of carboxylic acids is 1. The first-order valence-corrected chi connectivity index (χ1v) is 7.14. The molecule has 0 saturated carbocycles. The summed E-state index contributed by atoms with van der Waals surface area (Å²) in [5, 5.41) is 15.6. The fraction of sp³-hybridized carbons (Fsp3) is 0.538. The van der Waals surface area contributed by atoms with E-state index in [4.69, 9.17) is 5.11 Å². The van der Waals surface area contributed by atoms with Crippen molar-refractivity contribution < 1.29 is 14.7 Å². The molecule has 1 rings (SSSR count). The summed E-state index contributed by atoms with van der Waals surface area (Å²) in [4.78, 5) is 24.1. The highest BCUT2D eigenvalue weighted by Crippen LogP contribution is 2.13. The second-order valence-electron chi connectivity index (χ2n) is 4.67. The molecule has 1 heterocycles. The van der Waals surface area contributed by atoms with Gasteiger partial charge in [0.05, 0.1) is 6.42 Å². The van der Waals surface area contributed by atoms with Gasteiger partial charge < -0.3 is 15.3 Å². The summed E-state index contributed by atoms with van der Waals surface area (Å²) in [6, 6.07) is -0.246. The standard InChI is InChI=1S/C13H20N2O3S/c1-9(2)15(5-4-12(16)17)13(18)14-6-11-8-19-7-10(11)3/h7-9H,4-6H2,1-3H3,(H,14,18)(H,16,17). The molecule has 2 amide bonds. The minimum absolute atomic E-state index is 0.0251. The summed E-state index contributed by atoms with van der Waals surface area (Å²) >= 11 is 1.60. The zero-order valence-electron chi connectivity index (χ0n) is 11.5. The first kappa shape index (κ1) is 15.5. The third-order valence-electron chi connectivity index (χ3n) is 2.84. The van der Waals surface area contributed by atoms with Gasteiger partial charge in [0.1, 0.15) is 0 Å². The molecule has 1 aromatic heterocycles. The molecule has 0 aliphatic carbocycles. The van der Waals surface area contributed by atoms with Crippen LogP contribution in [-0.2, 0) is 11.3 Å². The summed E-state index contributed by atoms with van der Waals surface area (Å²) < 4.78 is 0. The van der Waals surface area contributed by atoms with Crippen LogP contribution in [0.2, 0.25) is 0 Å². The van der Waals surface area contributed by atoms with Crippen molar-refractivity contribution in [2.75, 3.05) is 6.54 Å². The Balaban J connectivity index is 2.52. The van der Waals surface area contributed by atoms with Gasteiger partial charge in [0, 0.05) is 19.1 Å². The van der Waals surface area contributed by atoms with Gasteiger partial charge in [-0.1, -0.05) is 0 Å². The van der Waals surface area contributed by atoms with Crippen molar-refractivity contribution >= 4 is 23.3 Å². The van der Waals surface area contributed by atoms with Crippen LogP contribution in [0.4, 0.5) is 4.79 Å². The molecular weight excluding hydrogens is 264 g/mol. The molecule has 1 aromatic rings. The van der Waals surface area contributed by atoms with Gasteiger partial charge in [0.2, 0.25) is 0 Å². The molecular formula is C13H20N2O3S. The molecule has 0 spiro atoms. The lowest BCUT2D eigenvalue weighted by molar-refractivity contribution is -0.137. The molecule has 0 unspecified atom stereocenters. The number of aliphatic carboxylic acids is 1. The van der Waals surface area contributed by atoms with Crippen molar-refractivity contribution in [1.29, 1.82) is 0 Å². The van der Waals surface area contributed by atoms with Gasteiger partial charge in [0.25, 0.3) is 0 Å². The first-order chi connectivity index (χ1) is 8.91. The van der Waals surface area contributed by atoms with E-state index in [1.54, 1.807) is 11.3 Å². The van der Waals surface area contributed by atoms with E-state index in [-0.39, 0.29) is 25.0 Å². The maximum Gasteiger partial charge on any atom is 0.317 e. The van der Waals surface area contributed by atoms with Crippen molar-refractivity contribution in [3.8, 4) is 0 Å².